The summed E-state index contributed by atoms with van der Waals surface area (Å²) in [4.78, 5) is 15.9. The normalized spacial score (nSPS) is 10.5. The average molecular weight is 311 g/mol. The highest BCUT2D eigenvalue weighted by atomic mass is 79.9. The van der Waals surface area contributed by atoms with Crippen molar-refractivity contribution in [1.29, 1.82) is 0 Å². The van der Waals surface area contributed by atoms with Crippen molar-refractivity contribution < 1.29 is 0 Å². The Kier molecular flexibility index (Phi) is 3.63. The molecule has 0 unspecified atom stereocenters. The van der Waals surface area contributed by atoms with Crippen LogP contribution in [0.3, 0.4) is 0 Å². The molecule has 0 atom stereocenters. The first kappa shape index (κ1) is 12.3. The van der Waals surface area contributed by atoms with Crippen LogP contribution in [0.5, 0.6) is 0 Å². The quantitative estimate of drug-likeness (QED) is 0.865. The maximum Gasteiger partial charge on any atom is 0.195 e. The average Bonchev–Trinajstić information content (AvgIpc) is 2.33. The number of nitrogens with zero attached hydrogens (tertiary/aromatic N) is 3. The van der Waals surface area contributed by atoms with Gasteiger partial charge in [-0.15, -0.1) is 0 Å². The second kappa shape index (κ2) is 5.01. The number of hydrogen-bond acceptors (Lipinski definition) is 4. The number of H-pyrrole nitrogens is 1. The largest absolute Gasteiger partial charge is 0.339 e. The number of aromatic amines is 1. The second-order valence-electron chi connectivity index (χ2n) is 3.62. The first-order chi connectivity index (χ1) is 8.11. The maximum atomic E-state index is 5.19. The van der Waals surface area contributed by atoms with Gasteiger partial charge in [0.15, 0.2) is 11.6 Å². The van der Waals surface area contributed by atoms with E-state index in [2.05, 4.69) is 35.9 Å². The molecule has 2 rings (SSSR count). The smallest absolute Gasteiger partial charge is 0.195 e. The van der Waals surface area contributed by atoms with Crippen LogP contribution in [0, 0.1) is 11.6 Å². The van der Waals surface area contributed by atoms with Crippen LogP contribution in [0.25, 0.3) is 11.6 Å². The number of nitrogens with one attached hydrogen (secondary N) is 1. The summed E-state index contributed by atoms with van der Waals surface area (Å²) in [5.74, 6) is 1.17. The van der Waals surface area contributed by atoms with Crippen molar-refractivity contribution in [3.8, 4) is 11.6 Å². The molecule has 0 aliphatic heterocycles. The third kappa shape index (κ3) is 2.58. The minimum atomic E-state index is 0.528. The topological polar surface area (TPSA) is 54.5 Å². The fourth-order valence-corrected chi connectivity index (χ4v) is 2.05. The zero-order chi connectivity index (χ0) is 12.4. The summed E-state index contributed by atoms with van der Waals surface area (Å²) in [6, 6.07) is 0. The van der Waals surface area contributed by atoms with E-state index >= 15 is 0 Å². The van der Waals surface area contributed by atoms with E-state index in [-0.39, 0.29) is 0 Å². The van der Waals surface area contributed by atoms with E-state index in [9.17, 15) is 0 Å². The molecule has 2 heterocycles. The highest BCUT2D eigenvalue weighted by molar-refractivity contribution is 9.10. The van der Waals surface area contributed by atoms with Gasteiger partial charge in [-0.3, -0.25) is 0 Å². The van der Waals surface area contributed by atoms with Crippen LogP contribution >= 0.6 is 28.1 Å². The molecule has 0 bridgehead atoms. The Balaban J connectivity index is 2.56. The molecule has 0 aromatic carbocycles. The fraction of sp³-hybridized carbons (Fsp3) is 0.273. The van der Waals surface area contributed by atoms with Crippen LogP contribution < -0.4 is 0 Å². The molecule has 88 valence electrons. The minimum Gasteiger partial charge on any atom is -0.339 e. The Bertz CT molecular complexity index is 591. The molecule has 1 N–H and O–H groups in total. The molecule has 0 aliphatic rings. The summed E-state index contributed by atoms with van der Waals surface area (Å²) in [6.45, 7) is 3.99. The van der Waals surface area contributed by atoms with Gasteiger partial charge in [0.1, 0.15) is 4.64 Å². The Morgan fingerprint density at radius 1 is 1.35 bits per heavy atom. The van der Waals surface area contributed by atoms with Gasteiger partial charge in [-0.2, -0.15) is 0 Å². The van der Waals surface area contributed by atoms with E-state index in [1.165, 1.54) is 0 Å². The first-order valence-corrected chi connectivity index (χ1v) is 6.39. The highest BCUT2D eigenvalue weighted by Gasteiger charge is 2.08. The van der Waals surface area contributed by atoms with E-state index in [1.54, 1.807) is 12.4 Å². The summed E-state index contributed by atoms with van der Waals surface area (Å²) >= 11 is 8.61. The van der Waals surface area contributed by atoms with Crippen molar-refractivity contribution in [2.75, 3.05) is 0 Å². The molecule has 0 radical (unpaired) electrons. The summed E-state index contributed by atoms with van der Waals surface area (Å²) in [5.41, 5.74) is 2.02. The predicted molar refractivity (Wildman–Crippen MR) is 72.3 cm³/mol. The molecule has 0 saturated heterocycles. The molecule has 2 aromatic heterocycles. The summed E-state index contributed by atoms with van der Waals surface area (Å²) < 4.78 is 1.37. The van der Waals surface area contributed by atoms with Crippen molar-refractivity contribution in [3.63, 3.8) is 0 Å². The van der Waals surface area contributed by atoms with Crippen LogP contribution in [0.1, 0.15) is 18.2 Å². The molecule has 4 nitrogen and oxygen atoms in total. The zero-order valence-corrected chi connectivity index (χ0v) is 11.9. The van der Waals surface area contributed by atoms with Gasteiger partial charge in [-0.1, -0.05) is 19.1 Å². The molecule has 2 aromatic rings. The van der Waals surface area contributed by atoms with Gasteiger partial charge in [-0.05, 0) is 34.8 Å². The lowest BCUT2D eigenvalue weighted by molar-refractivity contribution is 0.962. The lowest BCUT2D eigenvalue weighted by Crippen LogP contribution is -2.00. The summed E-state index contributed by atoms with van der Waals surface area (Å²) in [5, 5.41) is 0. The zero-order valence-electron chi connectivity index (χ0n) is 9.49. The Morgan fingerprint density at radius 3 is 2.59 bits per heavy atom. The van der Waals surface area contributed by atoms with Gasteiger partial charge >= 0.3 is 0 Å². The molecule has 6 heteroatoms. The van der Waals surface area contributed by atoms with E-state index in [0.29, 0.717) is 16.3 Å². The van der Waals surface area contributed by atoms with Crippen molar-refractivity contribution in [3.05, 3.63) is 32.8 Å². The Hall–Kier alpha value is -1.14. The summed E-state index contributed by atoms with van der Waals surface area (Å²) in [7, 11) is 0. The van der Waals surface area contributed by atoms with Gasteiger partial charge < -0.3 is 4.98 Å². The number of aryl methyl sites for hydroxylation is 2. The van der Waals surface area contributed by atoms with Crippen molar-refractivity contribution in [2.24, 2.45) is 0 Å². The SMILES string of the molecule is CCc1[nH]c(-c2ncc(C)cn2)nc(=S)c1Br. The first-order valence-electron chi connectivity index (χ1n) is 5.19. The minimum absolute atomic E-state index is 0.528. The van der Waals surface area contributed by atoms with Crippen molar-refractivity contribution >= 4 is 28.1 Å². The highest BCUT2D eigenvalue weighted by Crippen LogP contribution is 2.19. The number of rotatable bonds is 2. The molecule has 0 saturated carbocycles. The van der Waals surface area contributed by atoms with E-state index < -0.39 is 0 Å². The molecule has 17 heavy (non-hydrogen) atoms. The third-order valence-electron chi connectivity index (χ3n) is 2.28. The lowest BCUT2D eigenvalue weighted by Gasteiger charge is -2.05. The monoisotopic (exact) mass is 310 g/mol. The lowest BCUT2D eigenvalue weighted by atomic mass is 10.3. The Morgan fingerprint density at radius 2 is 2.00 bits per heavy atom. The van der Waals surface area contributed by atoms with E-state index in [1.807, 2.05) is 13.8 Å². The van der Waals surface area contributed by atoms with Gasteiger partial charge in [0, 0.05) is 18.1 Å². The van der Waals surface area contributed by atoms with Gasteiger partial charge in [0.2, 0.25) is 0 Å². The standard InChI is InChI=1S/C11H11BrN4S/c1-3-7-8(12)11(17)16-10(15-7)9-13-4-6(2)5-14-9/h4-5H,3H2,1-2H3,(H,15,16,17). The Labute approximate surface area is 113 Å². The predicted octanol–water partition coefficient (Wildman–Crippen LogP) is 3.23. The number of halogens is 1. The van der Waals surface area contributed by atoms with E-state index in [4.69, 9.17) is 12.2 Å². The molecule has 0 fully saturated rings. The molecule has 0 aliphatic carbocycles. The van der Waals surface area contributed by atoms with Crippen LogP contribution in [0.15, 0.2) is 16.9 Å². The maximum absolute atomic E-state index is 5.19. The molecular weight excluding hydrogens is 300 g/mol. The van der Waals surface area contributed by atoms with Crippen LogP contribution in [0.2, 0.25) is 0 Å². The van der Waals surface area contributed by atoms with Crippen LogP contribution in [-0.2, 0) is 6.42 Å². The second-order valence-corrected chi connectivity index (χ2v) is 4.80. The van der Waals surface area contributed by atoms with E-state index in [0.717, 1.165) is 22.2 Å². The fourth-order valence-electron chi connectivity index (χ4n) is 1.37. The third-order valence-corrected chi connectivity index (χ3v) is 3.69. The number of hydrogen-bond donors (Lipinski definition) is 1. The molecular formula is C11H11BrN4S. The van der Waals surface area contributed by atoms with Crippen LogP contribution in [-0.4, -0.2) is 19.9 Å². The van der Waals surface area contributed by atoms with Crippen molar-refractivity contribution in [1.82, 2.24) is 19.9 Å². The number of aromatic nitrogens is 4. The van der Waals surface area contributed by atoms with Gasteiger partial charge in [0.05, 0.1) is 4.47 Å². The molecule has 0 amide bonds. The molecule has 0 spiro atoms. The summed E-state index contributed by atoms with van der Waals surface area (Å²) in [6.07, 6.45) is 4.36. The van der Waals surface area contributed by atoms with Gasteiger partial charge in [0.25, 0.3) is 0 Å². The van der Waals surface area contributed by atoms with Gasteiger partial charge in [-0.25, -0.2) is 15.0 Å². The van der Waals surface area contributed by atoms with Crippen LogP contribution in [0.4, 0.5) is 0 Å². The van der Waals surface area contributed by atoms with Crippen molar-refractivity contribution in [2.45, 2.75) is 20.3 Å².